The minimum Gasteiger partial charge on any atom is -0.507 e. The highest BCUT2D eigenvalue weighted by molar-refractivity contribution is 6.41. The number of carbonyl (C=O) groups is 2. The first kappa shape index (κ1) is 18.2. The molecule has 0 radical (unpaired) electrons. The molecule has 0 aromatic heterocycles. The van der Waals surface area contributed by atoms with Gasteiger partial charge in [0.1, 0.15) is 24.2 Å². The van der Waals surface area contributed by atoms with Crippen LogP contribution in [0.2, 0.25) is 5.02 Å². The largest absolute Gasteiger partial charge is 0.507 e. The van der Waals surface area contributed by atoms with Gasteiger partial charge in [-0.3, -0.25) is 9.59 Å². The smallest absolute Gasteiger partial charge is 0.224 e. The predicted molar refractivity (Wildman–Crippen MR) is 93.2 cm³/mol. The molecular weight excluding hydrogens is 342 g/mol. The van der Waals surface area contributed by atoms with E-state index in [0.29, 0.717) is 27.5 Å². The van der Waals surface area contributed by atoms with Crippen LogP contribution in [0.4, 0.5) is 0 Å². The van der Waals surface area contributed by atoms with E-state index in [1.54, 1.807) is 36.4 Å². The Hall–Kier alpha value is -3.10. The maximum Gasteiger partial charge on any atom is 0.224 e. The standard InChI is InChI=1S/C19H14ClNO4/c1-12(22)18(23)9-19(24)13-4-2-6-15(8-13)25-11-14-5-3-7-17(20)16(14)10-21/h2-9,24H,11H2,1H3. The van der Waals surface area contributed by atoms with Crippen molar-refractivity contribution in [1.29, 1.82) is 5.26 Å². The summed E-state index contributed by atoms with van der Waals surface area (Å²) < 4.78 is 5.63. The van der Waals surface area contributed by atoms with Crippen LogP contribution in [0.1, 0.15) is 23.6 Å². The van der Waals surface area contributed by atoms with E-state index in [2.05, 4.69) is 0 Å². The Bertz CT molecular complexity index is 897. The van der Waals surface area contributed by atoms with Crippen molar-refractivity contribution in [3.05, 3.63) is 70.3 Å². The normalized spacial score (nSPS) is 10.8. The Morgan fingerprint density at radius 2 is 2.00 bits per heavy atom. The van der Waals surface area contributed by atoms with Crippen LogP contribution < -0.4 is 4.74 Å². The number of nitrogens with zero attached hydrogens (tertiary/aromatic N) is 1. The molecule has 0 heterocycles. The topological polar surface area (TPSA) is 87.4 Å². The van der Waals surface area contributed by atoms with Gasteiger partial charge in [-0.05, 0) is 18.2 Å². The van der Waals surface area contributed by atoms with E-state index in [1.165, 1.54) is 6.07 Å². The third-order valence-corrected chi connectivity index (χ3v) is 3.67. The van der Waals surface area contributed by atoms with Crippen LogP contribution in [0.25, 0.3) is 5.76 Å². The summed E-state index contributed by atoms with van der Waals surface area (Å²) in [5.74, 6) is -1.35. The summed E-state index contributed by atoms with van der Waals surface area (Å²) in [6.45, 7) is 1.24. The summed E-state index contributed by atoms with van der Waals surface area (Å²) in [6, 6.07) is 13.5. The van der Waals surface area contributed by atoms with Gasteiger partial charge in [-0.15, -0.1) is 0 Å². The molecule has 0 saturated heterocycles. The second-order valence-corrected chi connectivity index (χ2v) is 5.56. The summed E-state index contributed by atoms with van der Waals surface area (Å²) in [4.78, 5) is 22.3. The van der Waals surface area contributed by atoms with Gasteiger partial charge in [-0.2, -0.15) is 5.26 Å². The third kappa shape index (κ3) is 4.69. The summed E-state index contributed by atoms with van der Waals surface area (Å²) in [5.41, 5.74) is 1.31. The fraction of sp³-hybridized carbons (Fsp3) is 0.105. The van der Waals surface area contributed by atoms with Crippen molar-refractivity contribution in [2.24, 2.45) is 0 Å². The highest BCUT2D eigenvalue weighted by Crippen LogP contribution is 2.23. The molecule has 25 heavy (non-hydrogen) atoms. The van der Waals surface area contributed by atoms with Crippen molar-refractivity contribution in [2.75, 3.05) is 0 Å². The maximum absolute atomic E-state index is 11.4. The molecule has 0 fully saturated rings. The zero-order valence-corrected chi connectivity index (χ0v) is 14.1. The summed E-state index contributed by atoms with van der Waals surface area (Å²) in [6.07, 6.45) is 0.867. The van der Waals surface area contributed by atoms with Gasteiger partial charge < -0.3 is 9.84 Å². The van der Waals surface area contributed by atoms with Crippen LogP contribution >= 0.6 is 11.6 Å². The van der Waals surface area contributed by atoms with Crippen molar-refractivity contribution in [3.8, 4) is 11.8 Å². The third-order valence-electron chi connectivity index (χ3n) is 3.35. The van der Waals surface area contributed by atoms with Gasteiger partial charge in [0.25, 0.3) is 0 Å². The van der Waals surface area contributed by atoms with Crippen molar-refractivity contribution in [3.63, 3.8) is 0 Å². The van der Waals surface area contributed by atoms with Gasteiger partial charge in [0.15, 0.2) is 5.78 Å². The average Bonchev–Trinajstić information content (AvgIpc) is 2.60. The van der Waals surface area contributed by atoms with Crippen LogP contribution in [0.15, 0.2) is 48.5 Å². The van der Waals surface area contributed by atoms with E-state index >= 15 is 0 Å². The fourth-order valence-electron chi connectivity index (χ4n) is 2.03. The number of Topliss-reactive ketones (excluding diaryl/α,β-unsaturated/α-hetero) is 1. The minimum absolute atomic E-state index is 0.115. The number of ether oxygens (including phenoxy) is 1. The van der Waals surface area contributed by atoms with Crippen molar-refractivity contribution >= 4 is 28.9 Å². The quantitative estimate of drug-likeness (QED) is 0.483. The lowest BCUT2D eigenvalue weighted by Gasteiger charge is -2.09. The van der Waals surface area contributed by atoms with Crippen LogP contribution in [-0.4, -0.2) is 16.7 Å². The Kier molecular flexibility index (Phi) is 5.93. The van der Waals surface area contributed by atoms with Gasteiger partial charge in [0.05, 0.1) is 10.6 Å². The molecule has 6 heteroatoms. The molecule has 0 aliphatic rings. The Balaban J connectivity index is 2.18. The number of hydrogen-bond acceptors (Lipinski definition) is 5. The Morgan fingerprint density at radius 1 is 1.28 bits per heavy atom. The van der Waals surface area contributed by atoms with Gasteiger partial charge >= 0.3 is 0 Å². The van der Waals surface area contributed by atoms with Gasteiger partial charge in [-0.1, -0.05) is 35.9 Å². The summed E-state index contributed by atoms with van der Waals surface area (Å²) in [7, 11) is 0. The number of hydrogen-bond donors (Lipinski definition) is 1. The Morgan fingerprint density at radius 3 is 2.68 bits per heavy atom. The zero-order valence-electron chi connectivity index (χ0n) is 13.3. The summed E-state index contributed by atoms with van der Waals surface area (Å²) in [5, 5.41) is 19.4. The molecule has 0 bridgehead atoms. The molecule has 0 aliphatic carbocycles. The second-order valence-electron chi connectivity index (χ2n) is 5.15. The van der Waals surface area contributed by atoms with Crippen LogP contribution in [0, 0.1) is 11.3 Å². The Labute approximate surface area is 149 Å². The number of benzene rings is 2. The molecular formula is C19H14ClNO4. The number of ketones is 2. The van der Waals surface area contributed by atoms with Gasteiger partial charge in [0.2, 0.25) is 5.78 Å². The predicted octanol–water partition coefficient (Wildman–Crippen LogP) is 3.85. The van der Waals surface area contributed by atoms with Crippen LogP contribution in [0.5, 0.6) is 5.75 Å². The van der Waals surface area contributed by atoms with E-state index in [1.807, 2.05) is 6.07 Å². The van der Waals surface area contributed by atoms with E-state index in [0.717, 1.165) is 13.0 Å². The molecule has 2 rings (SSSR count). The first-order valence-corrected chi connectivity index (χ1v) is 7.66. The SMILES string of the molecule is CC(=O)C(=O)C=C(O)c1cccc(OCc2cccc(Cl)c2C#N)c1. The van der Waals surface area contributed by atoms with Crippen LogP contribution in [0.3, 0.4) is 0 Å². The van der Waals surface area contributed by atoms with E-state index < -0.39 is 11.6 Å². The average molecular weight is 356 g/mol. The van der Waals surface area contributed by atoms with Gasteiger partial charge in [0, 0.05) is 24.1 Å². The molecule has 5 nitrogen and oxygen atoms in total. The van der Waals surface area contributed by atoms with Crippen LogP contribution in [-0.2, 0) is 16.2 Å². The molecule has 0 aliphatic heterocycles. The lowest BCUT2D eigenvalue weighted by atomic mass is 10.1. The van der Waals surface area contributed by atoms with Gasteiger partial charge in [-0.25, -0.2) is 0 Å². The minimum atomic E-state index is -0.790. The highest BCUT2D eigenvalue weighted by atomic mass is 35.5. The number of nitriles is 1. The molecule has 0 saturated carbocycles. The van der Waals surface area contributed by atoms with E-state index in [9.17, 15) is 14.7 Å². The van der Waals surface area contributed by atoms with E-state index in [-0.39, 0.29) is 12.4 Å². The highest BCUT2D eigenvalue weighted by Gasteiger charge is 2.10. The number of aliphatic hydroxyl groups excluding tert-OH is 1. The molecule has 126 valence electrons. The number of allylic oxidation sites excluding steroid dienone is 1. The maximum atomic E-state index is 11.4. The molecule has 2 aromatic carbocycles. The lowest BCUT2D eigenvalue weighted by molar-refractivity contribution is -0.132. The lowest BCUT2D eigenvalue weighted by Crippen LogP contribution is -2.06. The van der Waals surface area contributed by atoms with Crippen molar-refractivity contribution in [2.45, 2.75) is 13.5 Å². The first-order valence-electron chi connectivity index (χ1n) is 7.28. The fourth-order valence-corrected chi connectivity index (χ4v) is 2.27. The van der Waals surface area contributed by atoms with Crippen molar-refractivity contribution in [1.82, 2.24) is 0 Å². The number of carbonyl (C=O) groups excluding carboxylic acids is 2. The number of rotatable bonds is 6. The zero-order chi connectivity index (χ0) is 18.4. The second kappa shape index (κ2) is 8.13. The summed E-state index contributed by atoms with van der Waals surface area (Å²) >= 11 is 5.97. The monoisotopic (exact) mass is 355 g/mol. The first-order chi connectivity index (χ1) is 11.9. The van der Waals surface area contributed by atoms with E-state index in [4.69, 9.17) is 21.6 Å². The molecule has 0 amide bonds. The number of halogens is 1. The molecule has 0 unspecified atom stereocenters. The van der Waals surface area contributed by atoms with Crippen molar-refractivity contribution < 1.29 is 19.4 Å². The molecule has 0 spiro atoms. The molecule has 2 aromatic rings. The molecule has 1 N–H and O–H groups in total. The number of aliphatic hydroxyl groups is 1. The molecule has 0 atom stereocenters.